The van der Waals surface area contributed by atoms with Gasteiger partial charge in [0, 0.05) is 54.0 Å². The van der Waals surface area contributed by atoms with Crippen molar-refractivity contribution in [3.05, 3.63) is 71.5 Å². The zero-order chi connectivity index (χ0) is 27.7. The van der Waals surface area contributed by atoms with Gasteiger partial charge in [-0.15, -0.1) is 0 Å². The first-order valence-electron chi connectivity index (χ1n) is 12.3. The van der Waals surface area contributed by atoms with E-state index in [-0.39, 0.29) is 11.9 Å². The van der Waals surface area contributed by atoms with E-state index in [0.29, 0.717) is 40.8 Å². The van der Waals surface area contributed by atoms with Crippen LogP contribution in [0.3, 0.4) is 0 Å². The van der Waals surface area contributed by atoms with Gasteiger partial charge in [-0.2, -0.15) is 5.10 Å². The number of pyridine rings is 1. The van der Waals surface area contributed by atoms with Crippen LogP contribution in [0.1, 0.15) is 33.9 Å². The molecular formula is C29H30N4O6. The summed E-state index contributed by atoms with van der Waals surface area (Å²) >= 11 is 0. The number of hydrazone groups is 1. The molecule has 0 aliphatic carbocycles. The van der Waals surface area contributed by atoms with E-state index >= 15 is 0 Å². The van der Waals surface area contributed by atoms with Crippen LogP contribution in [0.2, 0.25) is 0 Å². The summed E-state index contributed by atoms with van der Waals surface area (Å²) < 4.78 is 29.3. The summed E-state index contributed by atoms with van der Waals surface area (Å²) in [6, 6.07) is 12.6. The standard InChI is InChI=1S/C29H30N4O6/c1-32-16-21(20-13-19(35-2)8-9-23(20)32)24-14-22(18-11-25(36-3)28(39-6)26(12-18)37-4)31-33(24)29(34)17-7-10-27(38-5)30-15-17/h7-13,15-16,24H,14H2,1-6H3. The number of amides is 1. The van der Waals surface area contributed by atoms with Crippen molar-refractivity contribution in [2.45, 2.75) is 12.5 Å². The zero-order valence-corrected chi connectivity index (χ0v) is 22.7. The number of benzene rings is 2. The van der Waals surface area contributed by atoms with E-state index in [1.54, 1.807) is 40.6 Å². The fourth-order valence-corrected chi connectivity index (χ4v) is 4.92. The highest BCUT2D eigenvalue weighted by Crippen LogP contribution is 2.42. The number of nitrogens with zero attached hydrogens (tertiary/aromatic N) is 4. The molecule has 1 aliphatic rings. The van der Waals surface area contributed by atoms with E-state index in [0.717, 1.165) is 27.8 Å². The molecule has 1 amide bonds. The Labute approximate surface area is 226 Å². The average Bonchev–Trinajstić information content (AvgIpc) is 3.57. The van der Waals surface area contributed by atoms with Gasteiger partial charge in [-0.25, -0.2) is 9.99 Å². The number of methoxy groups -OCH3 is 5. The molecule has 39 heavy (non-hydrogen) atoms. The molecule has 2 aromatic heterocycles. The van der Waals surface area contributed by atoms with Crippen LogP contribution in [0.15, 0.2) is 60.0 Å². The quantitative estimate of drug-likeness (QED) is 0.328. The highest BCUT2D eigenvalue weighted by Gasteiger charge is 2.36. The van der Waals surface area contributed by atoms with Crippen molar-refractivity contribution < 1.29 is 28.5 Å². The average molecular weight is 531 g/mol. The minimum Gasteiger partial charge on any atom is -0.497 e. The molecule has 0 N–H and O–H groups in total. The Morgan fingerprint density at radius 1 is 0.897 bits per heavy atom. The second kappa shape index (κ2) is 10.6. The first-order valence-corrected chi connectivity index (χ1v) is 12.3. The SMILES string of the molecule is COc1ccc2c(c1)c(C1CC(c3cc(OC)c(OC)c(OC)c3)=NN1C(=O)c1ccc(OC)nc1)cn2C. The molecule has 0 fully saturated rings. The van der Waals surface area contributed by atoms with Gasteiger partial charge in [0.05, 0.1) is 52.9 Å². The molecule has 1 unspecified atom stereocenters. The van der Waals surface area contributed by atoms with Crippen molar-refractivity contribution >= 4 is 22.5 Å². The van der Waals surface area contributed by atoms with Gasteiger partial charge < -0.3 is 28.3 Å². The summed E-state index contributed by atoms with van der Waals surface area (Å²) in [6.07, 6.45) is 4.00. The van der Waals surface area contributed by atoms with Crippen molar-refractivity contribution in [2.75, 3.05) is 35.5 Å². The van der Waals surface area contributed by atoms with Crippen LogP contribution in [0, 0.1) is 0 Å². The third-order valence-electron chi connectivity index (χ3n) is 6.90. The van der Waals surface area contributed by atoms with Gasteiger partial charge in [0.2, 0.25) is 11.6 Å². The van der Waals surface area contributed by atoms with Gasteiger partial charge in [0.25, 0.3) is 5.91 Å². The lowest BCUT2D eigenvalue weighted by Gasteiger charge is -2.21. The van der Waals surface area contributed by atoms with Gasteiger partial charge in [-0.1, -0.05) is 0 Å². The lowest BCUT2D eigenvalue weighted by molar-refractivity contribution is 0.0711. The van der Waals surface area contributed by atoms with Crippen molar-refractivity contribution in [1.29, 1.82) is 0 Å². The zero-order valence-electron chi connectivity index (χ0n) is 22.7. The van der Waals surface area contributed by atoms with Crippen LogP contribution in [-0.2, 0) is 7.05 Å². The Hall–Kier alpha value is -4.73. The molecule has 1 atom stereocenters. The van der Waals surface area contributed by atoms with Crippen molar-refractivity contribution in [3.8, 4) is 28.9 Å². The Kier molecular flexibility index (Phi) is 7.02. The van der Waals surface area contributed by atoms with E-state index in [9.17, 15) is 4.79 Å². The highest BCUT2D eigenvalue weighted by molar-refractivity contribution is 6.06. The minimum atomic E-state index is -0.385. The Bertz CT molecular complexity index is 1540. The van der Waals surface area contributed by atoms with Crippen molar-refractivity contribution in [2.24, 2.45) is 12.1 Å². The van der Waals surface area contributed by atoms with Crippen molar-refractivity contribution in [1.82, 2.24) is 14.6 Å². The van der Waals surface area contributed by atoms with Crippen LogP contribution >= 0.6 is 0 Å². The number of hydrogen-bond donors (Lipinski definition) is 0. The number of hydrogen-bond acceptors (Lipinski definition) is 8. The Morgan fingerprint density at radius 3 is 2.23 bits per heavy atom. The topological polar surface area (TPSA) is 96.6 Å². The maximum Gasteiger partial charge on any atom is 0.276 e. The van der Waals surface area contributed by atoms with E-state index in [4.69, 9.17) is 28.8 Å². The molecule has 0 bridgehead atoms. The molecule has 0 saturated heterocycles. The maximum absolute atomic E-state index is 13.9. The fourth-order valence-electron chi connectivity index (χ4n) is 4.92. The second-order valence-corrected chi connectivity index (χ2v) is 9.00. The molecule has 0 spiro atoms. The number of fused-ring (bicyclic) bond motifs is 1. The summed E-state index contributed by atoms with van der Waals surface area (Å²) in [4.78, 5) is 18.1. The number of aryl methyl sites for hydroxylation is 1. The normalized spacial score (nSPS) is 14.8. The second-order valence-electron chi connectivity index (χ2n) is 9.00. The molecule has 10 heteroatoms. The van der Waals surface area contributed by atoms with Crippen LogP contribution in [-0.4, -0.2) is 61.7 Å². The van der Waals surface area contributed by atoms with Crippen LogP contribution < -0.4 is 23.7 Å². The van der Waals surface area contributed by atoms with E-state index in [1.165, 1.54) is 18.3 Å². The van der Waals surface area contributed by atoms with Crippen molar-refractivity contribution in [3.63, 3.8) is 0 Å². The summed E-state index contributed by atoms with van der Waals surface area (Å²) in [7, 11) is 9.84. The minimum absolute atomic E-state index is 0.280. The van der Waals surface area contributed by atoms with Crippen LogP contribution in [0.4, 0.5) is 0 Å². The predicted molar refractivity (Wildman–Crippen MR) is 146 cm³/mol. The third-order valence-corrected chi connectivity index (χ3v) is 6.90. The van der Waals surface area contributed by atoms with E-state index in [2.05, 4.69) is 4.98 Å². The summed E-state index contributed by atoms with van der Waals surface area (Å²) in [5.74, 6) is 2.37. The van der Waals surface area contributed by atoms with E-state index in [1.807, 2.05) is 48.1 Å². The van der Waals surface area contributed by atoms with Gasteiger partial charge in [-0.3, -0.25) is 4.79 Å². The lowest BCUT2D eigenvalue weighted by atomic mass is 9.97. The molecule has 2 aromatic carbocycles. The van der Waals surface area contributed by atoms with Gasteiger partial charge >= 0.3 is 0 Å². The molecule has 202 valence electrons. The number of carbonyl (C=O) groups is 1. The molecule has 1 aliphatic heterocycles. The molecule has 10 nitrogen and oxygen atoms in total. The lowest BCUT2D eigenvalue weighted by Crippen LogP contribution is -2.27. The van der Waals surface area contributed by atoms with Crippen LogP contribution in [0.25, 0.3) is 10.9 Å². The van der Waals surface area contributed by atoms with Gasteiger partial charge in [0.15, 0.2) is 11.5 Å². The molecule has 0 saturated carbocycles. The number of aromatic nitrogens is 2. The summed E-state index contributed by atoms with van der Waals surface area (Å²) in [6.45, 7) is 0. The number of ether oxygens (including phenoxy) is 5. The van der Waals surface area contributed by atoms with Crippen LogP contribution in [0.5, 0.6) is 28.9 Å². The first-order chi connectivity index (χ1) is 18.9. The molecule has 0 radical (unpaired) electrons. The smallest absolute Gasteiger partial charge is 0.276 e. The largest absolute Gasteiger partial charge is 0.497 e. The fraction of sp³-hybridized carbons (Fsp3) is 0.276. The summed E-state index contributed by atoms with van der Waals surface area (Å²) in [5.41, 5.74) is 3.83. The summed E-state index contributed by atoms with van der Waals surface area (Å²) in [5, 5.41) is 7.35. The van der Waals surface area contributed by atoms with Gasteiger partial charge in [-0.05, 0) is 36.4 Å². The Balaban J connectivity index is 1.64. The van der Waals surface area contributed by atoms with Gasteiger partial charge in [0.1, 0.15) is 5.75 Å². The van der Waals surface area contributed by atoms with E-state index < -0.39 is 0 Å². The maximum atomic E-state index is 13.9. The third kappa shape index (κ3) is 4.58. The Morgan fingerprint density at radius 2 is 1.64 bits per heavy atom. The molecule has 3 heterocycles. The molecule has 5 rings (SSSR count). The molecule has 4 aromatic rings. The molecular weight excluding hydrogens is 500 g/mol. The number of carbonyl (C=O) groups excluding carboxylic acids is 1. The first kappa shape index (κ1) is 25.9. The predicted octanol–water partition coefficient (Wildman–Crippen LogP) is 4.61. The highest BCUT2D eigenvalue weighted by atomic mass is 16.5. The monoisotopic (exact) mass is 530 g/mol. The number of rotatable bonds is 8.